The average molecular weight is 253 g/mol. The SMILES string of the molecule is NNC(c1cccc(C2CCC2)c1)c1ccccn1. The number of hydrazine groups is 1. The van der Waals surface area contributed by atoms with Crippen molar-refractivity contribution < 1.29 is 0 Å². The van der Waals surface area contributed by atoms with E-state index in [1.807, 2.05) is 18.2 Å². The van der Waals surface area contributed by atoms with E-state index in [1.54, 1.807) is 6.20 Å². The molecule has 0 bridgehead atoms. The predicted molar refractivity (Wildman–Crippen MR) is 76.4 cm³/mol. The van der Waals surface area contributed by atoms with Gasteiger partial charge in [-0.2, -0.15) is 0 Å². The lowest BCUT2D eigenvalue weighted by atomic mass is 9.79. The third-order valence-corrected chi connectivity index (χ3v) is 3.97. The van der Waals surface area contributed by atoms with Crippen molar-refractivity contribution in [3.63, 3.8) is 0 Å². The van der Waals surface area contributed by atoms with E-state index in [4.69, 9.17) is 5.84 Å². The van der Waals surface area contributed by atoms with Gasteiger partial charge in [0, 0.05) is 6.20 Å². The van der Waals surface area contributed by atoms with Crippen LogP contribution in [-0.4, -0.2) is 4.98 Å². The standard InChI is InChI=1S/C16H19N3/c17-19-16(15-9-1-2-10-18-15)14-8-4-7-13(11-14)12-5-3-6-12/h1-2,4,7-12,16,19H,3,5-6,17H2. The van der Waals surface area contributed by atoms with Gasteiger partial charge in [-0.25, -0.2) is 5.43 Å². The number of nitrogens with one attached hydrogen (secondary N) is 1. The average Bonchev–Trinajstić information content (AvgIpc) is 2.39. The first-order valence-electron chi connectivity index (χ1n) is 6.85. The number of aromatic nitrogens is 1. The van der Waals surface area contributed by atoms with Gasteiger partial charge in [-0.15, -0.1) is 0 Å². The molecular formula is C16H19N3. The molecule has 19 heavy (non-hydrogen) atoms. The fraction of sp³-hybridized carbons (Fsp3) is 0.312. The van der Waals surface area contributed by atoms with Gasteiger partial charge < -0.3 is 0 Å². The lowest BCUT2D eigenvalue weighted by Crippen LogP contribution is -2.29. The molecule has 2 aromatic rings. The Balaban J connectivity index is 1.91. The summed E-state index contributed by atoms with van der Waals surface area (Å²) in [4.78, 5) is 4.39. The maximum absolute atomic E-state index is 5.72. The quantitative estimate of drug-likeness (QED) is 0.650. The van der Waals surface area contributed by atoms with E-state index in [9.17, 15) is 0 Å². The molecule has 1 unspecified atom stereocenters. The van der Waals surface area contributed by atoms with Crippen molar-refractivity contribution in [3.8, 4) is 0 Å². The summed E-state index contributed by atoms with van der Waals surface area (Å²) in [5.41, 5.74) is 6.44. The van der Waals surface area contributed by atoms with E-state index in [0.717, 1.165) is 11.6 Å². The molecule has 0 radical (unpaired) electrons. The van der Waals surface area contributed by atoms with Crippen LogP contribution in [0.4, 0.5) is 0 Å². The number of nitrogens with zero attached hydrogens (tertiary/aromatic N) is 1. The zero-order valence-electron chi connectivity index (χ0n) is 10.9. The molecule has 0 spiro atoms. The Kier molecular flexibility index (Phi) is 3.58. The van der Waals surface area contributed by atoms with Crippen LogP contribution in [0.25, 0.3) is 0 Å². The van der Waals surface area contributed by atoms with Crippen molar-refractivity contribution in [2.24, 2.45) is 5.84 Å². The molecule has 1 aromatic carbocycles. The predicted octanol–water partition coefficient (Wildman–Crippen LogP) is 2.90. The summed E-state index contributed by atoms with van der Waals surface area (Å²) >= 11 is 0. The van der Waals surface area contributed by atoms with Gasteiger partial charge in [0.15, 0.2) is 0 Å². The topological polar surface area (TPSA) is 50.9 Å². The summed E-state index contributed by atoms with van der Waals surface area (Å²) in [7, 11) is 0. The van der Waals surface area contributed by atoms with E-state index in [0.29, 0.717) is 0 Å². The smallest absolute Gasteiger partial charge is 0.0881 e. The van der Waals surface area contributed by atoms with E-state index < -0.39 is 0 Å². The van der Waals surface area contributed by atoms with E-state index in [-0.39, 0.29) is 6.04 Å². The van der Waals surface area contributed by atoms with Crippen LogP contribution in [-0.2, 0) is 0 Å². The van der Waals surface area contributed by atoms with Crippen molar-refractivity contribution >= 4 is 0 Å². The van der Waals surface area contributed by atoms with Crippen LogP contribution >= 0.6 is 0 Å². The van der Waals surface area contributed by atoms with Crippen LogP contribution < -0.4 is 11.3 Å². The van der Waals surface area contributed by atoms with E-state index in [2.05, 4.69) is 34.7 Å². The van der Waals surface area contributed by atoms with Crippen LogP contribution in [0.2, 0.25) is 0 Å². The lowest BCUT2D eigenvalue weighted by molar-refractivity contribution is 0.419. The van der Waals surface area contributed by atoms with Gasteiger partial charge in [-0.05, 0) is 42.0 Å². The summed E-state index contributed by atoms with van der Waals surface area (Å²) in [6.45, 7) is 0. The molecule has 3 heteroatoms. The summed E-state index contributed by atoms with van der Waals surface area (Å²) in [5.74, 6) is 6.46. The molecule has 0 saturated heterocycles. The summed E-state index contributed by atoms with van der Waals surface area (Å²) in [6, 6.07) is 14.6. The minimum absolute atomic E-state index is 0.0405. The molecule has 1 fully saturated rings. The number of benzene rings is 1. The molecule has 0 amide bonds. The summed E-state index contributed by atoms with van der Waals surface area (Å²) in [6.07, 6.45) is 5.78. The lowest BCUT2D eigenvalue weighted by Gasteiger charge is -2.27. The first-order chi connectivity index (χ1) is 9.38. The minimum atomic E-state index is -0.0405. The highest BCUT2D eigenvalue weighted by molar-refractivity contribution is 5.33. The first-order valence-corrected chi connectivity index (χ1v) is 6.85. The molecule has 3 nitrogen and oxygen atoms in total. The fourth-order valence-corrected chi connectivity index (χ4v) is 2.63. The van der Waals surface area contributed by atoms with E-state index in [1.165, 1.54) is 30.4 Å². The van der Waals surface area contributed by atoms with Gasteiger partial charge in [-0.3, -0.25) is 10.8 Å². The van der Waals surface area contributed by atoms with Crippen molar-refractivity contribution in [3.05, 3.63) is 65.5 Å². The van der Waals surface area contributed by atoms with Crippen LogP contribution in [0.5, 0.6) is 0 Å². The highest BCUT2D eigenvalue weighted by Crippen LogP contribution is 2.37. The number of pyridine rings is 1. The van der Waals surface area contributed by atoms with Gasteiger partial charge in [-0.1, -0.05) is 36.8 Å². The highest BCUT2D eigenvalue weighted by Gasteiger charge is 2.21. The minimum Gasteiger partial charge on any atom is -0.271 e. The van der Waals surface area contributed by atoms with Gasteiger partial charge in [0.1, 0.15) is 0 Å². The molecule has 1 atom stereocenters. The second-order valence-electron chi connectivity index (χ2n) is 5.15. The summed E-state index contributed by atoms with van der Waals surface area (Å²) < 4.78 is 0. The molecule has 1 aliphatic carbocycles. The third kappa shape index (κ3) is 2.53. The Morgan fingerprint density at radius 1 is 1.16 bits per heavy atom. The Hall–Kier alpha value is -1.71. The second-order valence-corrected chi connectivity index (χ2v) is 5.15. The molecule has 3 N–H and O–H groups in total. The second kappa shape index (κ2) is 5.51. The highest BCUT2D eigenvalue weighted by atomic mass is 15.2. The number of hydrogen-bond donors (Lipinski definition) is 2. The Morgan fingerprint density at radius 3 is 2.68 bits per heavy atom. The number of nitrogens with two attached hydrogens (primary N) is 1. The normalized spacial score (nSPS) is 16.9. The fourth-order valence-electron chi connectivity index (χ4n) is 2.63. The van der Waals surface area contributed by atoms with Crippen LogP contribution in [0.3, 0.4) is 0 Å². The molecule has 1 saturated carbocycles. The maximum Gasteiger partial charge on any atom is 0.0881 e. The van der Waals surface area contributed by atoms with Crippen LogP contribution in [0.15, 0.2) is 48.7 Å². The number of rotatable bonds is 4. The molecule has 1 heterocycles. The molecule has 3 rings (SSSR count). The molecule has 0 aliphatic heterocycles. The molecule has 1 aliphatic rings. The monoisotopic (exact) mass is 253 g/mol. The zero-order valence-corrected chi connectivity index (χ0v) is 10.9. The first kappa shape index (κ1) is 12.3. The Labute approximate surface area is 113 Å². The van der Waals surface area contributed by atoms with Crippen molar-refractivity contribution in [2.75, 3.05) is 0 Å². The van der Waals surface area contributed by atoms with Crippen molar-refractivity contribution in [2.45, 2.75) is 31.2 Å². The van der Waals surface area contributed by atoms with Crippen LogP contribution in [0.1, 0.15) is 48.0 Å². The summed E-state index contributed by atoms with van der Waals surface area (Å²) in [5, 5.41) is 0. The van der Waals surface area contributed by atoms with Crippen LogP contribution in [0, 0.1) is 0 Å². The number of hydrogen-bond acceptors (Lipinski definition) is 3. The largest absolute Gasteiger partial charge is 0.271 e. The van der Waals surface area contributed by atoms with Gasteiger partial charge in [0.2, 0.25) is 0 Å². The third-order valence-electron chi connectivity index (χ3n) is 3.97. The zero-order chi connectivity index (χ0) is 13.1. The molecule has 98 valence electrons. The Bertz CT molecular complexity index is 535. The van der Waals surface area contributed by atoms with Crippen molar-refractivity contribution in [1.29, 1.82) is 0 Å². The maximum atomic E-state index is 5.72. The molecule has 1 aromatic heterocycles. The van der Waals surface area contributed by atoms with E-state index >= 15 is 0 Å². The Morgan fingerprint density at radius 2 is 2.05 bits per heavy atom. The molecular weight excluding hydrogens is 234 g/mol. The van der Waals surface area contributed by atoms with Gasteiger partial charge >= 0.3 is 0 Å². The van der Waals surface area contributed by atoms with Gasteiger partial charge in [0.05, 0.1) is 11.7 Å². The van der Waals surface area contributed by atoms with Crippen molar-refractivity contribution in [1.82, 2.24) is 10.4 Å². The van der Waals surface area contributed by atoms with Gasteiger partial charge in [0.25, 0.3) is 0 Å².